The average Bonchev–Trinajstić information content (AvgIpc) is 2.77. The summed E-state index contributed by atoms with van der Waals surface area (Å²) in [4.78, 5) is 22.2. The van der Waals surface area contributed by atoms with Gasteiger partial charge in [-0.1, -0.05) is 24.3 Å². The summed E-state index contributed by atoms with van der Waals surface area (Å²) in [7, 11) is -2.96. The molecule has 0 aliphatic carbocycles. The Morgan fingerprint density at radius 3 is 2.11 bits per heavy atom. The molecule has 0 heterocycles. The van der Waals surface area contributed by atoms with Gasteiger partial charge in [-0.15, -0.1) is 0 Å². The summed E-state index contributed by atoms with van der Waals surface area (Å²) in [5.41, 5.74) is 0.434. The van der Waals surface area contributed by atoms with Crippen molar-refractivity contribution in [1.29, 1.82) is 0 Å². The van der Waals surface area contributed by atoms with Crippen LogP contribution >= 0.6 is 0 Å². The SMILES string of the molecule is COc1cccc(-c2cccc(Oc3ccc([N+](=O)[O-])cc3S(=O)(=O)NC(=O)NC(C)(C)C)c2)c1. The Morgan fingerprint density at radius 1 is 0.943 bits per heavy atom. The second kappa shape index (κ2) is 10.0. The van der Waals surface area contributed by atoms with E-state index in [4.69, 9.17) is 9.47 Å². The number of amides is 2. The van der Waals surface area contributed by atoms with Gasteiger partial charge in [0.2, 0.25) is 0 Å². The van der Waals surface area contributed by atoms with Gasteiger partial charge in [-0.25, -0.2) is 17.9 Å². The molecule has 0 saturated carbocycles. The zero-order valence-corrected chi connectivity index (χ0v) is 20.4. The topological polar surface area (TPSA) is 137 Å². The number of urea groups is 1. The Bertz CT molecular complexity index is 1370. The molecule has 0 aliphatic rings. The monoisotopic (exact) mass is 499 g/mol. The zero-order valence-electron chi connectivity index (χ0n) is 19.6. The molecular weight excluding hydrogens is 474 g/mol. The lowest BCUT2D eigenvalue weighted by atomic mass is 10.1. The number of nitro groups is 1. The number of non-ortho nitro benzene ring substituents is 1. The maximum Gasteiger partial charge on any atom is 0.329 e. The first-order valence-corrected chi connectivity index (χ1v) is 11.9. The highest BCUT2D eigenvalue weighted by atomic mass is 32.2. The van der Waals surface area contributed by atoms with Gasteiger partial charge in [0, 0.05) is 17.7 Å². The van der Waals surface area contributed by atoms with E-state index in [0.29, 0.717) is 5.75 Å². The molecular formula is C24H25N3O7S. The molecule has 0 saturated heterocycles. The van der Waals surface area contributed by atoms with Gasteiger partial charge < -0.3 is 14.8 Å². The Balaban J connectivity index is 1.98. The molecule has 11 heteroatoms. The van der Waals surface area contributed by atoms with Gasteiger partial charge in [0.25, 0.3) is 15.7 Å². The fourth-order valence-corrected chi connectivity index (χ4v) is 4.17. The van der Waals surface area contributed by atoms with Crippen molar-refractivity contribution >= 4 is 21.7 Å². The Hall–Kier alpha value is -4.12. The van der Waals surface area contributed by atoms with Crippen LogP contribution in [0.4, 0.5) is 10.5 Å². The minimum Gasteiger partial charge on any atom is -0.497 e. The summed E-state index contributed by atoms with van der Waals surface area (Å²) in [6, 6.07) is 16.4. The van der Waals surface area contributed by atoms with Crippen molar-refractivity contribution in [2.75, 3.05) is 7.11 Å². The van der Waals surface area contributed by atoms with Gasteiger partial charge in [-0.3, -0.25) is 10.1 Å². The van der Waals surface area contributed by atoms with E-state index in [9.17, 15) is 23.3 Å². The van der Waals surface area contributed by atoms with Crippen LogP contribution in [0.15, 0.2) is 71.6 Å². The highest BCUT2D eigenvalue weighted by molar-refractivity contribution is 7.90. The molecule has 0 aromatic heterocycles. The third-order valence-electron chi connectivity index (χ3n) is 4.61. The molecule has 35 heavy (non-hydrogen) atoms. The van der Waals surface area contributed by atoms with Crippen LogP contribution in [0.25, 0.3) is 11.1 Å². The second-order valence-electron chi connectivity index (χ2n) is 8.56. The average molecular weight is 500 g/mol. The van der Waals surface area contributed by atoms with Crippen molar-refractivity contribution < 1.29 is 27.6 Å². The lowest BCUT2D eigenvalue weighted by Gasteiger charge is -2.21. The van der Waals surface area contributed by atoms with E-state index in [-0.39, 0.29) is 11.5 Å². The molecule has 2 N–H and O–H groups in total. The van der Waals surface area contributed by atoms with Crippen LogP contribution in [0.5, 0.6) is 17.2 Å². The molecule has 0 bridgehead atoms. The molecule has 2 amide bonds. The number of carbonyl (C=O) groups excluding carboxylic acids is 1. The van der Waals surface area contributed by atoms with E-state index in [2.05, 4.69) is 5.32 Å². The molecule has 0 spiro atoms. The molecule has 0 aliphatic heterocycles. The number of nitrogens with zero attached hydrogens (tertiary/aromatic N) is 1. The number of benzene rings is 3. The minimum absolute atomic E-state index is 0.186. The van der Waals surface area contributed by atoms with Crippen molar-refractivity contribution in [3.63, 3.8) is 0 Å². The molecule has 184 valence electrons. The number of hydrogen-bond acceptors (Lipinski definition) is 7. The van der Waals surface area contributed by atoms with Crippen molar-refractivity contribution in [2.45, 2.75) is 31.2 Å². The van der Waals surface area contributed by atoms with Crippen LogP contribution in [-0.2, 0) is 10.0 Å². The summed E-state index contributed by atoms with van der Waals surface area (Å²) in [6.07, 6.45) is 0. The van der Waals surface area contributed by atoms with Gasteiger partial charge >= 0.3 is 6.03 Å². The van der Waals surface area contributed by atoms with E-state index in [1.165, 1.54) is 6.07 Å². The molecule has 0 radical (unpaired) electrons. The summed E-state index contributed by atoms with van der Waals surface area (Å²) < 4.78 is 38.9. The van der Waals surface area contributed by atoms with Gasteiger partial charge in [-0.05, 0) is 62.2 Å². The van der Waals surface area contributed by atoms with Gasteiger partial charge in [0.15, 0.2) is 0 Å². The lowest BCUT2D eigenvalue weighted by molar-refractivity contribution is -0.385. The molecule has 3 rings (SSSR count). The maximum atomic E-state index is 13.0. The number of methoxy groups -OCH3 is 1. The first kappa shape index (κ1) is 25.5. The minimum atomic E-state index is -4.52. The molecule has 0 unspecified atom stereocenters. The van der Waals surface area contributed by atoms with E-state index < -0.39 is 37.1 Å². The number of carbonyl (C=O) groups is 1. The molecule has 0 fully saturated rings. The van der Waals surface area contributed by atoms with Gasteiger partial charge in [-0.2, -0.15) is 0 Å². The quantitative estimate of drug-likeness (QED) is 0.350. The Kier molecular flexibility index (Phi) is 7.30. The fourth-order valence-electron chi connectivity index (χ4n) is 3.12. The Morgan fingerprint density at radius 2 is 1.54 bits per heavy atom. The largest absolute Gasteiger partial charge is 0.497 e. The zero-order chi connectivity index (χ0) is 25.8. The lowest BCUT2D eigenvalue weighted by Crippen LogP contribution is -2.48. The smallest absolute Gasteiger partial charge is 0.329 e. The van der Waals surface area contributed by atoms with Crippen LogP contribution in [-0.4, -0.2) is 32.0 Å². The van der Waals surface area contributed by atoms with Crippen LogP contribution in [0, 0.1) is 10.1 Å². The first-order valence-electron chi connectivity index (χ1n) is 10.4. The molecule has 3 aromatic carbocycles. The Labute approximate surface area is 203 Å². The summed E-state index contributed by atoms with van der Waals surface area (Å²) in [5.74, 6) is 0.765. The standard InChI is InChI=1S/C24H25N3O7S/c1-24(2,3)25-23(28)26-35(31,32)22-15-18(27(29)30)11-12-21(22)34-20-10-6-8-17(14-20)16-7-5-9-19(13-16)33-4/h5-15H,1-4H3,(H2,25,26,28). The summed E-state index contributed by atoms with van der Waals surface area (Å²) in [6.45, 7) is 5.03. The van der Waals surface area contributed by atoms with E-state index in [0.717, 1.165) is 23.3 Å². The van der Waals surface area contributed by atoms with E-state index >= 15 is 0 Å². The van der Waals surface area contributed by atoms with Crippen LogP contribution < -0.4 is 19.5 Å². The fraction of sp³-hybridized carbons (Fsp3) is 0.208. The number of sulfonamides is 1. The van der Waals surface area contributed by atoms with Crippen molar-refractivity contribution in [3.05, 3.63) is 76.8 Å². The number of rotatable bonds is 7. The first-order chi connectivity index (χ1) is 16.4. The predicted octanol–water partition coefficient (Wildman–Crippen LogP) is 4.85. The number of hydrogen-bond donors (Lipinski definition) is 2. The van der Waals surface area contributed by atoms with Crippen LogP contribution in [0.3, 0.4) is 0 Å². The van der Waals surface area contributed by atoms with Crippen molar-refractivity contribution in [1.82, 2.24) is 10.0 Å². The molecule has 3 aromatic rings. The third kappa shape index (κ3) is 6.70. The van der Waals surface area contributed by atoms with Crippen LogP contribution in [0.2, 0.25) is 0 Å². The van der Waals surface area contributed by atoms with Crippen LogP contribution in [0.1, 0.15) is 20.8 Å². The number of nitro benzene ring substituents is 1. The number of nitrogens with one attached hydrogen (secondary N) is 2. The highest BCUT2D eigenvalue weighted by Gasteiger charge is 2.27. The number of ether oxygens (including phenoxy) is 2. The highest BCUT2D eigenvalue weighted by Crippen LogP contribution is 2.34. The van der Waals surface area contributed by atoms with E-state index in [1.807, 2.05) is 29.0 Å². The predicted molar refractivity (Wildman–Crippen MR) is 130 cm³/mol. The summed E-state index contributed by atoms with van der Waals surface area (Å²) in [5, 5.41) is 13.7. The normalized spacial score (nSPS) is 11.4. The van der Waals surface area contributed by atoms with Crippen molar-refractivity contribution in [2.24, 2.45) is 0 Å². The summed E-state index contributed by atoms with van der Waals surface area (Å²) >= 11 is 0. The second-order valence-corrected chi connectivity index (χ2v) is 10.2. The molecule has 10 nitrogen and oxygen atoms in total. The third-order valence-corrected chi connectivity index (χ3v) is 5.96. The maximum absolute atomic E-state index is 13.0. The van der Waals surface area contributed by atoms with Gasteiger partial charge in [0.05, 0.1) is 12.0 Å². The van der Waals surface area contributed by atoms with Crippen molar-refractivity contribution in [3.8, 4) is 28.4 Å². The van der Waals surface area contributed by atoms with E-state index in [1.54, 1.807) is 52.1 Å². The molecule has 0 atom stereocenters. The van der Waals surface area contributed by atoms with Gasteiger partial charge in [0.1, 0.15) is 22.1 Å².